The molecule has 1 aromatic heterocycles. The van der Waals surface area contributed by atoms with Crippen LogP contribution in [-0.2, 0) is 10.0 Å². The van der Waals surface area contributed by atoms with E-state index in [0.29, 0.717) is 5.56 Å². The molecule has 0 aliphatic rings. The Balaban J connectivity index is 1.44. The predicted molar refractivity (Wildman–Crippen MR) is 154 cm³/mol. The minimum Gasteiger partial charge on any atom is -0.438 e. The van der Waals surface area contributed by atoms with Gasteiger partial charge in [-0.1, -0.05) is 41.9 Å². The van der Waals surface area contributed by atoms with Gasteiger partial charge in [-0.05, 0) is 72.6 Å². The van der Waals surface area contributed by atoms with Crippen LogP contribution < -0.4 is 14.8 Å². The van der Waals surface area contributed by atoms with E-state index in [1.54, 1.807) is 19.1 Å². The van der Waals surface area contributed by atoms with Crippen LogP contribution in [0.1, 0.15) is 50.1 Å². The molecule has 216 valence electrons. The highest BCUT2D eigenvalue weighted by molar-refractivity contribution is 7.90. The molecule has 0 bridgehead atoms. The first-order valence-corrected chi connectivity index (χ1v) is 14.3. The lowest BCUT2D eigenvalue weighted by atomic mass is 10.1. The summed E-state index contributed by atoms with van der Waals surface area (Å²) in [6.45, 7) is 5.20. The van der Waals surface area contributed by atoms with Crippen LogP contribution in [0.5, 0.6) is 11.6 Å². The number of rotatable bonds is 10. The van der Waals surface area contributed by atoms with Crippen molar-refractivity contribution in [3.8, 4) is 11.6 Å². The summed E-state index contributed by atoms with van der Waals surface area (Å²) in [7, 11) is -4.28. The number of amides is 2. The monoisotopic (exact) mass is 611 g/mol. The number of carbonyl (C=O) groups is 2. The number of nitrogens with zero attached hydrogens (tertiary/aromatic N) is 1. The van der Waals surface area contributed by atoms with Crippen LogP contribution in [0.25, 0.3) is 0 Å². The number of aromatic nitrogens is 1. The molecule has 4 aromatic rings. The Kier molecular flexibility index (Phi) is 9.34. The number of nitrogens with one attached hydrogen (secondary N) is 2. The second-order valence-corrected chi connectivity index (χ2v) is 11.3. The van der Waals surface area contributed by atoms with Crippen LogP contribution in [0.3, 0.4) is 0 Å². The highest BCUT2D eigenvalue weighted by atomic mass is 35.5. The Bertz CT molecular complexity index is 1730. The van der Waals surface area contributed by atoms with Gasteiger partial charge in [0.25, 0.3) is 11.8 Å². The normalized spacial score (nSPS) is 12.6. The standard InChI is InChI=1S/C30H24ClF2N3O5S/c1-3-27(21-5-4-6-24(33)15-21)42(39,40)36-28(37)20-9-7-19(8-10-20)18(2)35-29(38)26-16-22(31)17-34-30(26)41-25-13-11-23(32)12-14-25/h3-18,27H,1H2,2H3,(H,35,38)(H,36,37)/t18-,27?/m0/s1. The van der Waals surface area contributed by atoms with Crippen molar-refractivity contribution in [1.29, 1.82) is 0 Å². The minimum atomic E-state index is -4.28. The average molecular weight is 612 g/mol. The molecule has 12 heteroatoms. The summed E-state index contributed by atoms with van der Waals surface area (Å²) in [5.74, 6) is -2.31. The molecule has 0 fully saturated rings. The van der Waals surface area contributed by atoms with Gasteiger partial charge in [-0.15, -0.1) is 6.58 Å². The van der Waals surface area contributed by atoms with Gasteiger partial charge in [-0.3, -0.25) is 9.59 Å². The maximum Gasteiger partial charge on any atom is 0.264 e. The van der Waals surface area contributed by atoms with Gasteiger partial charge in [-0.25, -0.2) is 26.9 Å². The number of pyridine rings is 1. The molecule has 2 amide bonds. The molecule has 0 saturated heterocycles. The van der Waals surface area contributed by atoms with Gasteiger partial charge in [0.2, 0.25) is 15.9 Å². The fraction of sp³-hybridized carbons (Fsp3) is 0.100. The first-order valence-electron chi connectivity index (χ1n) is 12.4. The van der Waals surface area contributed by atoms with Crippen LogP contribution in [0, 0.1) is 11.6 Å². The van der Waals surface area contributed by atoms with Crippen LogP contribution >= 0.6 is 11.6 Å². The molecule has 1 unspecified atom stereocenters. The van der Waals surface area contributed by atoms with E-state index in [4.69, 9.17) is 16.3 Å². The molecule has 0 saturated carbocycles. The van der Waals surface area contributed by atoms with Crippen LogP contribution in [0.4, 0.5) is 8.78 Å². The Labute approximate surface area is 246 Å². The lowest BCUT2D eigenvalue weighted by Gasteiger charge is -2.17. The topological polar surface area (TPSA) is 114 Å². The highest BCUT2D eigenvalue weighted by Crippen LogP contribution is 2.27. The quantitative estimate of drug-likeness (QED) is 0.204. The van der Waals surface area contributed by atoms with E-state index in [-0.39, 0.29) is 33.3 Å². The van der Waals surface area contributed by atoms with E-state index in [2.05, 4.69) is 16.9 Å². The first-order chi connectivity index (χ1) is 20.0. The number of carbonyl (C=O) groups excluding carboxylic acids is 2. The van der Waals surface area contributed by atoms with E-state index in [1.807, 2.05) is 4.72 Å². The van der Waals surface area contributed by atoms with Gasteiger partial charge < -0.3 is 10.1 Å². The van der Waals surface area contributed by atoms with E-state index < -0.39 is 44.8 Å². The summed E-state index contributed by atoms with van der Waals surface area (Å²) in [4.78, 5) is 29.9. The number of halogens is 3. The lowest BCUT2D eigenvalue weighted by Crippen LogP contribution is -2.34. The van der Waals surface area contributed by atoms with Gasteiger partial charge in [0, 0.05) is 11.8 Å². The van der Waals surface area contributed by atoms with Crippen molar-refractivity contribution in [2.45, 2.75) is 18.2 Å². The predicted octanol–water partition coefficient (Wildman–Crippen LogP) is 6.28. The number of hydrogen-bond donors (Lipinski definition) is 2. The van der Waals surface area contributed by atoms with Crippen molar-refractivity contribution in [3.63, 3.8) is 0 Å². The summed E-state index contributed by atoms with van der Waals surface area (Å²) in [5, 5.41) is 1.63. The van der Waals surface area contributed by atoms with Gasteiger partial charge in [0.15, 0.2) is 0 Å². The maximum absolute atomic E-state index is 13.6. The van der Waals surface area contributed by atoms with Gasteiger partial charge in [0.1, 0.15) is 28.2 Å². The number of sulfonamides is 1. The summed E-state index contributed by atoms with van der Waals surface area (Å²) in [6.07, 6.45) is 2.41. The average Bonchev–Trinajstić information content (AvgIpc) is 2.95. The van der Waals surface area contributed by atoms with Gasteiger partial charge >= 0.3 is 0 Å². The zero-order valence-electron chi connectivity index (χ0n) is 22.1. The molecule has 0 aliphatic heterocycles. The van der Waals surface area contributed by atoms with Crippen molar-refractivity contribution >= 4 is 33.4 Å². The molecule has 1 heterocycles. The Hall–Kier alpha value is -4.61. The third kappa shape index (κ3) is 7.36. The SMILES string of the molecule is C=CC(c1cccc(F)c1)S(=O)(=O)NC(=O)c1ccc([C@H](C)NC(=O)c2cc(Cl)cnc2Oc2ccc(F)cc2)cc1. The van der Waals surface area contributed by atoms with Crippen LogP contribution in [-0.4, -0.2) is 25.2 Å². The summed E-state index contributed by atoms with van der Waals surface area (Å²) < 4.78 is 60.2. The van der Waals surface area contributed by atoms with Crippen molar-refractivity contribution in [2.24, 2.45) is 0 Å². The van der Waals surface area contributed by atoms with Gasteiger partial charge in [0.05, 0.1) is 11.1 Å². The molecule has 3 aromatic carbocycles. The van der Waals surface area contributed by atoms with Crippen molar-refractivity contribution in [2.75, 3.05) is 0 Å². The maximum atomic E-state index is 13.6. The second-order valence-electron chi connectivity index (χ2n) is 9.07. The van der Waals surface area contributed by atoms with E-state index in [1.165, 1.54) is 66.9 Å². The van der Waals surface area contributed by atoms with Crippen LogP contribution in [0.2, 0.25) is 5.02 Å². The zero-order chi connectivity index (χ0) is 30.4. The second kappa shape index (κ2) is 12.9. The van der Waals surface area contributed by atoms with E-state index in [0.717, 1.165) is 12.1 Å². The molecule has 2 atom stereocenters. The van der Waals surface area contributed by atoms with Crippen LogP contribution in [0.15, 0.2) is 97.7 Å². The number of ether oxygens (including phenoxy) is 1. The Morgan fingerprint density at radius 1 is 0.952 bits per heavy atom. The van der Waals surface area contributed by atoms with Gasteiger partial charge in [-0.2, -0.15) is 0 Å². The summed E-state index contributed by atoms with van der Waals surface area (Å²) in [6, 6.07) is 16.9. The third-order valence-corrected chi connectivity index (χ3v) is 7.88. The fourth-order valence-corrected chi connectivity index (χ4v) is 5.36. The molecular weight excluding hydrogens is 588 g/mol. The molecule has 4 rings (SSSR count). The smallest absolute Gasteiger partial charge is 0.264 e. The highest BCUT2D eigenvalue weighted by Gasteiger charge is 2.27. The molecule has 42 heavy (non-hydrogen) atoms. The van der Waals surface area contributed by atoms with Crippen molar-refractivity contribution < 1.29 is 31.5 Å². The minimum absolute atomic E-state index is 0.0370. The van der Waals surface area contributed by atoms with E-state index in [9.17, 15) is 26.8 Å². The molecule has 2 N–H and O–H groups in total. The fourth-order valence-electron chi connectivity index (χ4n) is 3.94. The zero-order valence-corrected chi connectivity index (χ0v) is 23.6. The third-order valence-electron chi connectivity index (χ3n) is 6.07. The summed E-state index contributed by atoms with van der Waals surface area (Å²) in [5.41, 5.74) is 0.792. The number of benzene rings is 3. The molecule has 0 spiro atoms. The largest absolute Gasteiger partial charge is 0.438 e. The van der Waals surface area contributed by atoms with E-state index >= 15 is 0 Å². The molecule has 0 radical (unpaired) electrons. The lowest BCUT2D eigenvalue weighted by molar-refractivity contribution is 0.0934. The molecule has 0 aliphatic carbocycles. The van der Waals surface area contributed by atoms with Crippen molar-refractivity contribution in [3.05, 3.63) is 137 Å². The Morgan fingerprint density at radius 3 is 2.29 bits per heavy atom. The van der Waals surface area contributed by atoms with Crippen molar-refractivity contribution in [1.82, 2.24) is 15.0 Å². The summed E-state index contributed by atoms with van der Waals surface area (Å²) >= 11 is 6.05. The first kappa shape index (κ1) is 30.4. The Morgan fingerprint density at radius 2 is 1.64 bits per heavy atom. The molecular formula is C30H24ClF2N3O5S. The molecule has 8 nitrogen and oxygen atoms in total. The number of hydrogen-bond acceptors (Lipinski definition) is 6.